The summed E-state index contributed by atoms with van der Waals surface area (Å²) in [6.45, 7) is -0.872. The topological polar surface area (TPSA) is 102 Å². The van der Waals surface area contributed by atoms with Crippen LogP contribution in [0.3, 0.4) is 0 Å². The molecule has 0 saturated carbocycles. The number of halogens is 2. The second-order valence-corrected chi connectivity index (χ2v) is 8.15. The van der Waals surface area contributed by atoms with Crippen molar-refractivity contribution in [3.8, 4) is 17.2 Å². The maximum atomic E-state index is 13.3. The van der Waals surface area contributed by atoms with E-state index in [1.807, 2.05) is 6.92 Å². The molecule has 0 aliphatic rings. The molecular weight excluding hydrogens is 455 g/mol. The molecule has 3 aromatic rings. The number of methoxy groups -OCH3 is 2. The Morgan fingerprint density at radius 1 is 1.22 bits per heavy atom. The van der Waals surface area contributed by atoms with E-state index >= 15 is 0 Å². The molecule has 2 heterocycles. The Hall–Kier alpha value is -1.63. The van der Waals surface area contributed by atoms with Crippen LogP contribution in [0.1, 0.15) is 12.6 Å². The van der Waals surface area contributed by atoms with Gasteiger partial charge in [0.2, 0.25) is 0 Å². The van der Waals surface area contributed by atoms with Crippen molar-refractivity contribution in [2.24, 2.45) is 5.92 Å². The predicted molar refractivity (Wildman–Crippen MR) is 117 cm³/mol. The standard InChI is InChI=1S/C20H23F2N3O5S.Na.H/c1-12(10-26)9-25-16-5-4-13(30-19(21)22)8-14(16)24-20(25)31(27)11-15-18(29-3)17(28-2)6-7-23-15;;/h4-8,12,19,26H,9-11H2,1-3H3;;. The van der Waals surface area contributed by atoms with Crippen molar-refractivity contribution in [2.45, 2.75) is 31.0 Å². The van der Waals surface area contributed by atoms with Gasteiger partial charge in [-0.3, -0.25) is 9.55 Å². The molecule has 170 valence electrons. The van der Waals surface area contributed by atoms with Gasteiger partial charge in [0.05, 0.1) is 25.3 Å². The number of pyridine rings is 1. The number of imidazole rings is 1. The Bertz CT molecular complexity index is 1040. The van der Waals surface area contributed by atoms with Crippen LogP contribution < -0.4 is 14.2 Å². The van der Waals surface area contributed by atoms with Crippen LogP contribution in [-0.2, 0) is 23.5 Å². The zero-order chi connectivity index (χ0) is 22.5. The van der Waals surface area contributed by atoms with Crippen LogP contribution in [-0.4, -0.2) is 81.2 Å². The Labute approximate surface area is 209 Å². The second-order valence-electron chi connectivity index (χ2n) is 6.80. The van der Waals surface area contributed by atoms with Crippen molar-refractivity contribution < 1.29 is 32.7 Å². The number of aliphatic hydroxyl groups is 1. The molecule has 3 rings (SSSR count). The summed E-state index contributed by atoms with van der Waals surface area (Å²) in [5.74, 6) is 0.640. The molecule has 1 aromatic carbocycles. The summed E-state index contributed by atoms with van der Waals surface area (Å²) in [7, 11) is 2.96. The molecule has 12 heteroatoms. The van der Waals surface area contributed by atoms with Gasteiger partial charge in [-0.2, -0.15) is 13.8 Å². The van der Waals surface area contributed by atoms with Gasteiger partial charge in [-0.25, -0.2) is 0 Å². The molecule has 0 radical (unpaired) electrons. The molecule has 0 bridgehead atoms. The predicted octanol–water partition coefficient (Wildman–Crippen LogP) is 2.34. The van der Waals surface area contributed by atoms with Gasteiger partial charge in [-0.1, -0.05) is 6.92 Å². The minimum absolute atomic E-state index is 0. The van der Waals surface area contributed by atoms with E-state index in [0.717, 1.165) is 0 Å². The van der Waals surface area contributed by atoms with Gasteiger partial charge in [0.25, 0.3) is 0 Å². The number of aliphatic hydroxyl groups excluding tert-OH is 1. The summed E-state index contributed by atoms with van der Waals surface area (Å²) >= 11 is -1.65. The molecule has 1 N–H and O–H groups in total. The zero-order valence-corrected chi connectivity index (χ0v) is 18.1. The van der Waals surface area contributed by atoms with E-state index < -0.39 is 17.8 Å². The number of hydrogen-bond acceptors (Lipinski definition) is 7. The fourth-order valence-electron chi connectivity index (χ4n) is 3.13. The first-order valence-electron chi connectivity index (χ1n) is 9.38. The molecule has 0 aliphatic heterocycles. The number of rotatable bonds is 10. The van der Waals surface area contributed by atoms with Crippen LogP contribution >= 0.6 is 0 Å². The van der Waals surface area contributed by atoms with Crippen molar-refractivity contribution in [3.05, 3.63) is 36.2 Å². The first-order chi connectivity index (χ1) is 14.9. The summed E-state index contributed by atoms with van der Waals surface area (Å²) in [5.41, 5.74) is 1.38. The fourth-order valence-corrected chi connectivity index (χ4v) is 4.33. The van der Waals surface area contributed by atoms with Crippen LogP contribution in [0.15, 0.2) is 35.6 Å². The van der Waals surface area contributed by atoms with Gasteiger partial charge in [0.1, 0.15) is 11.4 Å². The number of aromatic nitrogens is 3. The molecule has 0 aliphatic carbocycles. The van der Waals surface area contributed by atoms with E-state index in [1.54, 1.807) is 16.7 Å². The number of alkyl halides is 2. The van der Waals surface area contributed by atoms with Crippen molar-refractivity contribution in [2.75, 3.05) is 20.8 Å². The van der Waals surface area contributed by atoms with Crippen molar-refractivity contribution in [3.63, 3.8) is 0 Å². The van der Waals surface area contributed by atoms with Crippen molar-refractivity contribution in [1.82, 2.24) is 14.5 Å². The summed E-state index contributed by atoms with van der Waals surface area (Å²) in [6.07, 6.45) is 1.53. The molecule has 2 unspecified atom stereocenters. The first-order valence-corrected chi connectivity index (χ1v) is 10.7. The Balaban J connectivity index is 0.00000363. The number of benzene rings is 1. The van der Waals surface area contributed by atoms with E-state index in [9.17, 15) is 18.4 Å². The van der Waals surface area contributed by atoms with E-state index in [1.165, 1.54) is 32.5 Å². The summed E-state index contributed by atoms with van der Waals surface area (Å²) in [6, 6.07) is 5.98. The van der Waals surface area contributed by atoms with Gasteiger partial charge in [-0.15, -0.1) is 0 Å². The molecule has 0 amide bonds. The first kappa shape index (κ1) is 26.6. The fraction of sp³-hybridized carbons (Fsp3) is 0.400. The zero-order valence-electron chi connectivity index (χ0n) is 17.2. The molecule has 0 fully saturated rings. The number of nitrogens with zero attached hydrogens (tertiary/aromatic N) is 3. The number of ether oxygens (including phenoxy) is 3. The number of hydrogen-bond donors (Lipinski definition) is 1. The molecule has 0 spiro atoms. The average Bonchev–Trinajstić information content (AvgIpc) is 3.10. The molecule has 32 heavy (non-hydrogen) atoms. The average molecular weight is 479 g/mol. The second kappa shape index (κ2) is 12.0. The van der Waals surface area contributed by atoms with E-state index in [-0.39, 0.29) is 58.7 Å². The Morgan fingerprint density at radius 3 is 2.59 bits per heavy atom. The molecule has 2 aromatic heterocycles. The quantitative estimate of drug-likeness (QED) is 0.352. The van der Waals surface area contributed by atoms with Gasteiger partial charge in [0.15, 0.2) is 17.3 Å². The van der Waals surface area contributed by atoms with E-state index in [4.69, 9.17) is 9.47 Å². The number of fused-ring (bicyclic) bond motifs is 1. The Morgan fingerprint density at radius 2 is 1.97 bits per heavy atom. The van der Waals surface area contributed by atoms with Crippen molar-refractivity contribution in [1.29, 1.82) is 0 Å². The van der Waals surface area contributed by atoms with Crippen LogP contribution in [0.4, 0.5) is 8.78 Å². The normalized spacial score (nSPS) is 13.0. The van der Waals surface area contributed by atoms with E-state index in [0.29, 0.717) is 34.8 Å². The molecule has 2 atom stereocenters. The third-order valence-electron chi connectivity index (χ3n) is 4.55. The van der Waals surface area contributed by atoms with Crippen LogP contribution in [0.25, 0.3) is 11.0 Å². The molecular formula is C20H24F2N3NaO5S. The van der Waals surface area contributed by atoms with Crippen molar-refractivity contribution >= 4 is 51.8 Å². The van der Waals surface area contributed by atoms with Gasteiger partial charge < -0.3 is 23.9 Å². The maximum absolute atomic E-state index is 13.3. The van der Waals surface area contributed by atoms with Gasteiger partial charge >= 0.3 is 41.3 Å². The van der Waals surface area contributed by atoms with Crippen LogP contribution in [0, 0.1) is 5.92 Å². The summed E-state index contributed by atoms with van der Waals surface area (Å²) in [4.78, 5) is 8.67. The van der Waals surface area contributed by atoms with Gasteiger partial charge in [0, 0.05) is 42.7 Å². The summed E-state index contributed by atoms with van der Waals surface area (Å²) in [5, 5.41) is 9.72. The minimum atomic E-state index is -2.96. The molecule has 0 saturated heterocycles. The summed E-state index contributed by atoms with van der Waals surface area (Å²) < 4.78 is 55.2. The third kappa shape index (κ3) is 6.03. The van der Waals surface area contributed by atoms with Gasteiger partial charge in [-0.05, 0) is 18.1 Å². The van der Waals surface area contributed by atoms with Crippen LogP contribution in [0.5, 0.6) is 17.2 Å². The monoisotopic (exact) mass is 479 g/mol. The van der Waals surface area contributed by atoms with E-state index in [2.05, 4.69) is 14.7 Å². The molecule has 8 nitrogen and oxygen atoms in total. The Kier molecular flexibility index (Phi) is 9.99. The third-order valence-corrected chi connectivity index (χ3v) is 5.81. The van der Waals surface area contributed by atoms with Crippen LogP contribution in [0.2, 0.25) is 0 Å². The SMILES string of the molecule is COc1ccnc(C[S+]([O-])c2nc3cc(OC(F)F)ccc3n2CC(C)CO)c1OC.[NaH].